The van der Waals surface area contributed by atoms with Crippen molar-refractivity contribution in [1.29, 1.82) is 0 Å². The summed E-state index contributed by atoms with van der Waals surface area (Å²) in [7, 11) is 0. The molecule has 0 aliphatic rings. The first-order valence-electron chi connectivity index (χ1n) is 7.99. The third-order valence-electron chi connectivity index (χ3n) is 3.63. The maximum atomic E-state index is 13.4. The monoisotopic (exact) mass is 372 g/mol. The molecule has 0 aliphatic heterocycles. The molecule has 3 aromatic rings. The standard InChI is InChI=1S/C19H15F3N4O/c1-12(27)25-26-17-15(13-8-4-2-5-9-13)16(14-10-6-3-7-11-14)23-18(24-17)19(20,21)22/h2-11H,1H3,(H,25,27)(H,23,24,26). The molecule has 0 aliphatic carbocycles. The number of alkyl halides is 3. The van der Waals surface area contributed by atoms with Crippen molar-refractivity contribution < 1.29 is 18.0 Å². The molecule has 1 amide bonds. The zero-order chi connectivity index (χ0) is 19.4. The molecular weight excluding hydrogens is 357 g/mol. The number of aromatic nitrogens is 2. The Morgan fingerprint density at radius 3 is 1.96 bits per heavy atom. The number of amides is 1. The van der Waals surface area contributed by atoms with Gasteiger partial charge in [0.15, 0.2) is 5.82 Å². The van der Waals surface area contributed by atoms with Gasteiger partial charge in [-0.2, -0.15) is 13.2 Å². The van der Waals surface area contributed by atoms with Crippen LogP contribution in [0, 0.1) is 0 Å². The van der Waals surface area contributed by atoms with Gasteiger partial charge in [-0.1, -0.05) is 60.7 Å². The van der Waals surface area contributed by atoms with Crippen LogP contribution in [-0.2, 0) is 11.0 Å². The summed E-state index contributed by atoms with van der Waals surface area (Å²) in [5, 5.41) is 0. The summed E-state index contributed by atoms with van der Waals surface area (Å²) in [6.07, 6.45) is -4.74. The van der Waals surface area contributed by atoms with Crippen LogP contribution in [-0.4, -0.2) is 15.9 Å². The number of carbonyl (C=O) groups is 1. The van der Waals surface area contributed by atoms with Crippen molar-refractivity contribution in [2.24, 2.45) is 0 Å². The van der Waals surface area contributed by atoms with Crippen molar-refractivity contribution in [3.63, 3.8) is 0 Å². The van der Waals surface area contributed by atoms with Gasteiger partial charge >= 0.3 is 6.18 Å². The van der Waals surface area contributed by atoms with Crippen molar-refractivity contribution in [3.8, 4) is 22.4 Å². The lowest BCUT2D eigenvalue weighted by Crippen LogP contribution is -2.28. The summed E-state index contributed by atoms with van der Waals surface area (Å²) in [6.45, 7) is 1.24. The molecule has 2 aromatic carbocycles. The van der Waals surface area contributed by atoms with Gasteiger partial charge in [-0.15, -0.1) is 0 Å². The predicted molar refractivity (Wildman–Crippen MR) is 95.3 cm³/mol. The Kier molecular flexibility index (Phi) is 5.07. The number of nitrogens with zero attached hydrogens (tertiary/aromatic N) is 2. The zero-order valence-electron chi connectivity index (χ0n) is 14.2. The SMILES string of the molecule is CC(=O)NNc1nc(C(F)(F)F)nc(-c2ccccc2)c1-c1ccccc1. The van der Waals surface area contributed by atoms with Gasteiger partial charge < -0.3 is 0 Å². The molecule has 1 heterocycles. The molecule has 5 nitrogen and oxygen atoms in total. The molecule has 0 saturated carbocycles. The molecule has 0 fully saturated rings. The van der Waals surface area contributed by atoms with Gasteiger partial charge in [0.2, 0.25) is 11.7 Å². The summed E-state index contributed by atoms with van der Waals surface area (Å²) < 4.78 is 40.1. The largest absolute Gasteiger partial charge is 0.451 e. The number of hydrazine groups is 1. The summed E-state index contributed by atoms with van der Waals surface area (Å²) >= 11 is 0. The van der Waals surface area contributed by atoms with Crippen LogP contribution in [0.2, 0.25) is 0 Å². The molecule has 0 bridgehead atoms. The smallest absolute Gasteiger partial charge is 0.281 e. The normalized spacial score (nSPS) is 11.1. The molecule has 1 aromatic heterocycles. The van der Waals surface area contributed by atoms with Crippen molar-refractivity contribution in [2.45, 2.75) is 13.1 Å². The maximum absolute atomic E-state index is 13.4. The Labute approximate surface area is 153 Å². The average Bonchev–Trinajstić information content (AvgIpc) is 2.66. The van der Waals surface area contributed by atoms with Crippen LogP contribution in [0.25, 0.3) is 22.4 Å². The van der Waals surface area contributed by atoms with Gasteiger partial charge in [-0.3, -0.25) is 15.6 Å². The Bertz CT molecular complexity index is 944. The van der Waals surface area contributed by atoms with Gasteiger partial charge in [-0.05, 0) is 5.56 Å². The van der Waals surface area contributed by atoms with Crippen molar-refractivity contribution in [3.05, 3.63) is 66.5 Å². The van der Waals surface area contributed by atoms with E-state index in [0.717, 1.165) is 0 Å². The first-order valence-corrected chi connectivity index (χ1v) is 7.99. The molecule has 2 N–H and O–H groups in total. The minimum absolute atomic E-state index is 0.108. The van der Waals surface area contributed by atoms with Crippen molar-refractivity contribution in [1.82, 2.24) is 15.4 Å². The fourth-order valence-electron chi connectivity index (χ4n) is 2.51. The molecule has 0 atom stereocenters. The first-order chi connectivity index (χ1) is 12.9. The molecule has 0 unspecified atom stereocenters. The minimum atomic E-state index is -4.74. The van der Waals surface area contributed by atoms with Crippen molar-refractivity contribution in [2.75, 3.05) is 5.43 Å². The lowest BCUT2D eigenvalue weighted by molar-refractivity contribution is -0.144. The number of hydrogen-bond acceptors (Lipinski definition) is 4. The van der Waals surface area contributed by atoms with E-state index in [2.05, 4.69) is 20.8 Å². The first kappa shape index (κ1) is 18.4. The lowest BCUT2D eigenvalue weighted by atomic mass is 9.99. The van der Waals surface area contributed by atoms with E-state index in [0.29, 0.717) is 16.7 Å². The number of hydrogen-bond donors (Lipinski definition) is 2. The van der Waals surface area contributed by atoms with E-state index in [1.807, 2.05) is 0 Å². The van der Waals surface area contributed by atoms with Crippen LogP contribution < -0.4 is 10.9 Å². The molecule has 0 radical (unpaired) electrons. The molecule has 0 spiro atoms. The van der Waals surface area contributed by atoms with E-state index in [1.165, 1.54) is 6.92 Å². The van der Waals surface area contributed by atoms with Crippen LogP contribution in [0.15, 0.2) is 60.7 Å². The second-order valence-corrected chi connectivity index (χ2v) is 5.66. The van der Waals surface area contributed by atoms with Gasteiger partial charge in [0.25, 0.3) is 0 Å². The van der Waals surface area contributed by atoms with E-state index in [4.69, 9.17) is 0 Å². The van der Waals surface area contributed by atoms with Crippen LogP contribution >= 0.6 is 0 Å². The molecule has 0 saturated heterocycles. The van der Waals surface area contributed by atoms with Crippen LogP contribution in [0.1, 0.15) is 12.7 Å². The highest BCUT2D eigenvalue weighted by Crippen LogP contribution is 2.38. The maximum Gasteiger partial charge on any atom is 0.451 e. The molecule has 138 valence electrons. The average molecular weight is 372 g/mol. The van der Waals surface area contributed by atoms with Crippen molar-refractivity contribution >= 4 is 11.7 Å². The summed E-state index contributed by atoms with van der Waals surface area (Å²) in [6, 6.07) is 17.3. The number of anilines is 1. The number of rotatable bonds is 4. The Morgan fingerprint density at radius 2 is 1.44 bits per heavy atom. The Morgan fingerprint density at radius 1 is 0.889 bits per heavy atom. The zero-order valence-corrected chi connectivity index (χ0v) is 14.2. The second-order valence-electron chi connectivity index (χ2n) is 5.66. The number of benzene rings is 2. The highest BCUT2D eigenvalue weighted by atomic mass is 19.4. The Balaban J connectivity index is 2.30. The molecule has 8 heteroatoms. The van der Waals surface area contributed by atoms with Gasteiger partial charge in [0.05, 0.1) is 11.3 Å². The summed E-state index contributed by atoms with van der Waals surface area (Å²) in [4.78, 5) is 18.7. The highest BCUT2D eigenvalue weighted by Gasteiger charge is 2.36. The van der Waals surface area contributed by atoms with E-state index >= 15 is 0 Å². The van der Waals surface area contributed by atoms with E-state index in [1.54, 1.807) is 60.7 Å². The number of nitrogens with one attached hydrogen (secondary N) is 2. The number of halogens is 3. The highest BCUT2D eigenvalue weighted by molar-refractivity contribution is 5.89. The quantitative estimate of drug-likeness (QED) is 0.671. The Hall–Kier alpha value is -3.42. The predicted octanol–water partition coefficient (Wildman–Crippen LogP) is 4.29. The minimum Gasteiger partial charge on any atom is -0.281 e. The van der Waals surface area contributed by atoms with E-state index in [9.17, 15) is 18.0 Å². The second kappa shape index (κ2) is 7.45. The summed E-state index contributed by atoms with van der Waals surface area (Å²) in [5.74, 6) is -1.91. The molecular formula is C19H15F3N4O. The third kappa shape index (κ3) is 4.22. The topological polar surface area (TPSA) is 66.9 Å². The van der Waals surface area contributed by atoms with Crippen LogP contribution in [0.4, 0.5) is 19.0 Å². The van der Waals surface area contributed by atoms with Gasteiger partial charge in [-0.25, -0.2) is 9.97 Å². The molecule has 3 rings (SSSR count). The van der Waals surface area contributed by atoms with E-state index < -0.39 is 17.9 Å². The lowest BCUT2D eigenvalue weighted by Gasteiger charge is -2.18. The fourth-order valence-corrected chi connectivity index (χ4v) is 2.51. The van der Waals surface area contributed by atoms with Crippen LogP contribution in [0.5, 0.6) is 0 Å². The summed E-state index contributed by atoms with van der Waals surface area (Å²) in [5.41, 5.74) is 6.33. The van der Waals surface area contributed by atoms with Crippen LogP contribution in [0.3, 0.4) is 0 Å². The fraction of sp³-hybridized carbons (Fsp3) is 0.105. The van der Waals surface area contributed by atoms with Gasteiger partial charge in [0.1, 0.15) is 0 Å². The number of carbonyl (C=O) groups excluding carboxylic acids is 1. The molecule has 27 heavy (non-hydrogen) atoms. The third-order valence-corrected chi connectivity index (χ3v) is 3.63. The van der Waals surface area contributed by atoms with E-state index in [-0.39, 0.29) is 11.5 Å². The van der Waals surface area contributed by atoms with Gasteiger partial charge in [0, 0.05) is 12.5 Å².